The van der Waals surface area contributed by atoms with E-state index in [0.717, 1.165) is 17.4 Å². The highest BCUT2D eigenvalue weighted by Crippen LogP contribution is 2.21. The Hall–Kier alpha value is -0.710. The van der Waals surface area contributed by atoms with Crippen molar-refractivity contribution in [3.05, 3.63) is 50.4 Å². The maximum absolute atomic E-state index is 4.46. The van der Waals surface area contributed by atoms with Gasteiger partial charge in [-0.25, -0.2) is 4.98 Å². The van der Waals surface area contributed by atoms with E-state index in [2.05, 4.69) is 58.3 Å². The number of hydrogen-bond donors (Lipinski definition) is 1. The molecule has 96 valence electrons. The number of nitrogens with one attached hydrogen (secondary N) is 1. The Morgan fingerprint density at radius 2 is 2.28 bits per heavy atom. The molecular weight excluding hydrogens is 308 g/mol. The SMILES string of the molecule is CCc1cnc(C(C)NCc2cccc(Br)c2)s1. The molecule has 1 aromatic carbocycles. The molecule has 0 radical (unpaired) electrons. The normalized spacial score (nSPS) is 12.6. The Morgan fingerprint density at radius 1 is 1.44 bits per heavy atom. The Bertz CT molecular complexity index is 510. The standard InChI is InChI=1S/C14H17BrN2S/c1-3-13-9-17-14(18-13)10(2)16-8-11-5-4-6-12(15)7-11/h4-7,9-10,16H,3,8H2,1-2H3. The summed E-state index contributed by atoms with van der Waals surface area (Å²) in [6, 6.07) is 8.67. The number of aryl methyl sites for hydroxylation is 1. The van der Waals surface area contributed by atoms with Gasteiger partial charge in [0.1, 0.15) is 5.01 Å². The Labute approximate surface area is 121 Å². The third-order valence-electron chi connectivity index (χ3n) is 2.79. The van der Waals surface area contributed by atoms with Crippen LogP contribution in [0.4, 0.5) is 0 Å². The molecule has 0 fully saturated rings. The quantitative estimate of drug-likeness (QED) is 0.886. The lowest BCUT2D eigenvalue weighted by atomic mass is 10.2. The predicted octanol–water partition coefficient (Wildman–Crippen LogP) is 4.32. The fraction of sp³-hybridized carbons (Fsp3) is 0.357. The van der Waals surface area contributed by atoms with Gasteiger partial charge < -0.3 is 5.32 Å². The van der Waals surface area contributed by atoms with Gasteiger partial charge in [0.05, 0.1) is 6.04 Å². The van der Waals surface area contributed by atoms with Crippen LogP contribution in [0.25, 0.3) is 0 Å². The molecule has 0 bridgehead atoms. The largest absolute Gasteiger partial charge is 0.304 e. The average Bonchev–Trinajstić information content (AvgIpc) is 2.85. The van der Waals surface area contributed by atoms with Gasteiger partial charge in [-0.15, -0.1) is 11.3 Å². The molecule has 0 amide bonds. The van der Waals surface area contributed by atoms with Crippen molar-refractivity contribution in [2.45, 2.75) is 32.9 Å². The van der Waals surface area contributed by atoms with Crippen LogP contribution in [0, 0.1) is 0 Å². The minimum absolute atomic E-state index is 0.300. The van der Waals surface area contributed by atoms with Crippen molar-refractivity contribution < 1.29 is 0 Å². The second-order valence-corrected chi connectivity index (χ2v) is 6.31. The molecule has 0 aliphatic carbocycles. The number of benzene rings is 1. The van der Waals surface area contributed by atoms with E-state index in [-0.39, 0.29) is 0 Å². The summed E-state index contributed by atoms with van der Waals surface area (Å²) in [6.45, 7) is 5.19. The summed E-state index contributed by atoms with van der Waals surface area (Å²) >= 11 is 5.29. The highest BCUT2D eigenvalue weighted by Gasteiger charge is 2.09. The Balaban J connectivity index is 1.93. The molecule has 18 heavy (non-hydrogen) atoms. The van der Waals surface area contributed by atoms with Crippen LogP contribution in [0.1, 0.15) is 35.3 Å². The van der Waals surface area contributed by atoms with E-state index in [1.165, 1.54) is 15.4 Å². The Kier molecular flexibility index (Phi) is 4.92. The van der Waals surface area contributed by atoms with Gasteiger partial charge in [-0.1, -0.05) is 35.0 Å². The third kappa shape index (κ3) is 3.64. The van der Waals surface area contributed by atoms with Gasteiger partial charge in [-0.05, 0) is 31.0 Å². The van der Waals surface area contributed by atoms with E-state index in [4.69, 9.17) is 0 Å². The van der Waals surface area contributed by atoms with Crippen molar-refractivity contribution in [1.29, 1.82) is 0 Å². The molecule has 2 aromatic rings. The van der Waals surface area contributed by atoms with Crippen molar-refractivity contribution in [3.63, 3.8) is 0 Å². The van der Waals surface area contributed by atoms with Gasteiger partial charge >= 0.3 is 0 Å². The van der Waals surface area contributed by atoms with Crippen LogP contribution in [0.3, 0.4) is 0 Å². The molecule has 1 aromatic heterocycles. The maximum Gasteiger partial charge on any atom is 0.109 e. The summed E-state index contributed by atoms with van der Waals surface area (Å²) < 4.78 is 1.12. The zero-order valence-electron chi connectivity index (χ0n) is 10.6. The van der Waals surface area contributed by atoms with Gasteiger partial charge in [-0.2, -0.15) is 0 Å². The van der Waals surface area contributed by atoms with E-state index >= 15 is 0 Å². The number of hydrogen-bond acceptors (Lipinski definition) is 3. The number of nitrogens with zero attached hydrogens (tertiary/aromatic N) is 1. The van der Waals surface area contributed by atoms with Crippen LogP contribution in [0.15, 0.2) is 34.9 Å². The van der Waals surface area contributed by atoms with Gasteiger partial charge in [0.25, 0.3) is 0 Å². The zero-order valence-corrected chi connectivity index (χ0v) is 13.0. The van der Waals surface area contributed by atoms with E-state index in [1.54, 1.807) is 11.3 Å². The molecule has 1 heterocycles. The molecule has 2 nitrogen and oxygen atoms in total. The fourth-order valence-electron chi connectivity index (χ4n) is 1.69. The maximum atomic E-state index is 4.46. The lowest BCUT2D eigenvalue weighted by Crippen LogP contribution is -2.17. The molecule has 1 unspecified atom stereocenters. The van der Waals surface area contributed by atoms with Crippen LogP contribution < -0.4 is 5.32 Å². The minimum atomic E-state index is 0.300. The van der Waals surface area contributed by atoms with Crippen LogP contribution in [0.2, 0.25) is 0 Å². The molecule has 0 saturated heterocycles. The first kappa shape index (κ1) is 13.7. The van der Waals surface area contributed by atoms with Crippen molar-refractivity contribution >= 4 is 27.3 Å². The summed E-state index contributed by atoms with van der Waals surface area (Å²) in [5, 5.41) is 4.68. The number of halogens is 1. The summed E-state index contributed by atoms with van der Waals surface area (Å²) in [4.78, 5) is 5.81. The van der Waals surface area contributed by atoms with Crippen molar-refractivity contribution in [2.24, 2.45) is 0 Å². The van der Waals surface area contributed by atoms with Crippen LogP contribution in [-0.4, -0.2) is 4.98 Å². The minimum Gasteiger partial charge on any atom is -0.304 e. The molecule has 1 atom stereocenters. The van der Waals surface area contributed by atoms with Gasteiger partial charge in [0.2, 0.25) is 0 Å². The van der Waals surface area contributed by atoms with Crippen molar-refractivity contribution in [3.8, 4) is 0 Å². The monoisotopic (exact) mass is 324 g/mol. The van der Waals surface area contributed by atoms with Crippen LogP contribution in [0.5, 0.6) is 0 Å². The molecule has 0 saturated carbocycles. The van der Waals surface area contributed by atoms with Gasteiger partial charge in [0.15, 0.2) is 0 Å². The molecule has 0 aliphatic rings. The van der Waals surface area contributed by atoms with Crippen LogP contribution >= 0.6 is 27.3 Å². The molecule has 2 rings (SSSR count). The molecule has 0 spiro atoms. The van der Waals surface area contributed by atoms with Crippen molar-refractivity contribution in [2.75, 3.05) is 0 Å². The highest BCUT2D eigenvalue weighted by atomic mass is 79.9. The highest BCUT2D eigenvalue weighted by molar-refractivity contribution is 9.10. The third-order valence-corrected chi connectivity index (χ3v) is 4.61. The fourth-order valence-corrected chi connectivity index (χ4v) is 3.02. The topological polar surface area (TPSA) is 24.9 Å². The molecule has 4 heteroatoms. The molecule has 0 aliphatic heterocycles. The molecular formula is C14H17BrN2S. The Morgan fingerprint density at radius 3 is 2.94 bits per heavy atom. The number of rotatable bonds is 5. The number of aromatic nitrogens is 1. The predicted molar refractivity (Wildman–Crippen MR) is 80.9 cm³/mol. The van der Waals surface area contributed by atoms with Gasteiger partial charge in [-0.3, -0.25) is 0 Å². The first-order valence-electron chi connectivity index (χ1n) is 6.11. The average molecular weight is 325 g/mol. The summed E-state index contributed by atoms with van der Waals surface area (Å²) in [5.74, 6) is 0. The smallest absolute Gasteiger partial charge is 0.109 e. The van der Waals surface area contributed by atoms with E-state index in [9.17, 15) is 0 Å². The second-order valence-electron chi connectivity index (χ2n) is 4.25. The summed E-state index contributed by atoms with van der Waals surface area (Å²) in [5.41, 5.74) is 1.28. The van der Waals surface area contributed by atoms with Gasteiger partial charge in [0, 0.05) is 22.1 Å². The van der Waals surface area contributed by atoms with Crippen molar-refractivity contribution in [1.82, 2.24) is 10.3 Å². The van der Waals surface area contributed by atoms with Crippen LogP contribution in [-0.2, 0) is 13.0 Å². The lowest BCUT2D eigenvalue weighted by molar-refractivity contribution is 0.572. The summed E-state index contributed by atoms with van der Waals surface area (Å²) in [7, 11) is 0. The first-order valence-corrected chi connectivity index (χ1v) is 7.72. The first-order chi connectivity index (χ1) is 8.69. The zero-order chi connectivity index (χ0) is 13.0. The number of thiazole rings is 1. The van der Waals surface area contributed by atoms with E-state index < -0.39 is 0 Å². The molecule has 1 N–H and O–H groups in total. The van der Waals surface area contributed by atoms with E-state index in [0.29, 0.717) is 6.04 Å². The lowest BCUT2D eigenvalue weighted by Gasteiger charge is -2.11. The summed E-state index contributed by atoms with van der Waals surface area (Å²) in [6.07, 6.45) is 3.05. The second kappa shape index (κ2) is 6.45. The van der Waals surface area contributed by atoms with E-state index in [1.807, 2.05) is 12.3 Å².